The van der Waals surface area contributed by atoms with Crippen molar-refractivity contribution in [3.8, 4) is 0 Å². The van der Waals surface area contributed by atoms with E-state index in [1.165, 1.54) is 7.11 Å². The molecule has 2 atom stereocenters. The lowest BCUT2D eigenvalue weighted by Gasteiger charge is -2.31. The van der Waals surface area contributed by atoms with Gasteiger partial charge in [-0.2, -0.15) is 0 Å². The van der Waals surface area contributed by atoms with Crippen LogP contribution in [0.25, 0.3) is 0 Å². The van der Waals surface area contributed by atoms with E-state index in [0.29, 0.717) is 6.04 Å². The third-order valence-electron chi connectivity index (χ3n) is 3.46. The Bertz CT molecular complexity index is 293. The number of hydrogen-bond acceptors (Lipinski definition) is 4. The van der Waals surface area contributed by atoms with Crippen LogP contribution in [0.5, 0.6) is 0 Å². The van der Waals surface area contributed by atoms with Gasteiger partial charge < -0.3 is 9.64 Å². The Morgan fingerprint density at radius 2 is 2.18 bits per heavy atom. The zero-order chi connectivity index (χ0) is 13.0. The second-order valence-electron chi connectivity index (χ2n) is 4.52. The van der Waals surface area contributed by atoms with E-state index in [1.807, 2.05) is 6.92 Å². The van der Waals surface area contributed by atoms with Crippen molar-refractivity contribution in [1.29, 1.82) is 0 Å². The van der Waals surface area contributed by atoms with Crippen molar-refractivity contribution in [3.05, 3.63) is 0 Å². The first-order valence-corrected chi connectivity index (χ1v) is 6.08. The molecule has 0 bridgehead atoms. The van der Waals surface area contributed by atoms with Crippen LogP contribution < -0.4 is 0 Å². The van der Waals surface area contributed by atoms with E-state index < -0.39 is 0 Å². The van der Waals surface area contributed by atoms with Crippen molar-refractivity contribution in [2.24, 2.45) is 0 Å². The zero-order valence-corrected chi connectivity index (χ0v) is 11.1. The molecule has 0 aromatic heterocycles. The molecule has 5 heteroatoms. The third kappa shape index (κ3) is 3.19. The Morgan fingerprint density at radius 3 is 2.71 bits per heavy atom. The summed E-state index contributed by atoms with van der Waals surface area (Å²) < 4.78 is 4.67. The molecule has 1 aliphatic rings. The highest BCUT2D eigenvalue weighted by atomic mass is 16.5. The average molecular weight is 242 g/mol. The van der Waals surface area contributed by atoms with Gasteiger partial charge in [-0.15, -0.1) is 0 Å². The first kappa shape index (κ1) is 14.0. The first-order valence-electron chi connectivity index (χ1n) is 6.08. The lowest BCUT2D eigenvalue weighted by molar-refractivity contribution is -0.147. The number of carbonyl (C=O) groups excluding carboxylic acids is 2. The van der Waals surface area contributed by atoms with Crippen molar-refractivity contribution in [1.82, 2.24) is 9.80 Å². The van der Waals surface area contributed by atoms with Crippen LogP contribution in [0, 0.1) is 0 Å². The van der Waals surface area contributed by atoms with Crippen LogP contribution >= 0.6 is 0 Å². The van der Waals surface area contributed by atoms with Crippen LogP contribution in [0.2, 0.25) is 0 Å². The normalized spacial score (nSPS) is 26.8. The monoisotopic (exact) mass is 242 g/mol. The molecule has 1 heterocycles. The highest BCUT2D eigenvalue weighted by Crippen LogP contribution is 2.18. The number of rotatable bonds is 3. The molecule has 2 unspecified atom stereocenters. The van der Waals surface area contributed by atoms with Gasteiger partial charge >= 0.3 is 5.97 Å². The highest BCUT2D eigenvalue weighted by molar-refractivity contribution is 5.86. The molecule has 0 aliphatic carbocycles. The molecule has 0 aromatic carbocycles. The number of nitrogens with zero attached hydrogens (tertiary/aromatic N) is 2. The van der Waals surface area contributed by atoms with Crippen molar-refractivity contribution in [2.75, 3.05) is 27.2 Å². The number of carbonyl (C=O) groups is 2. The van der Waals surface area contributed by atoms with Gasteiger partial charge in [-0.1, -0.05) is 6.92 Å². The number of esters is 1. The molecule has 0 spiro atoms. The Kier molecular flexibility index (Phi) is 4.93. The van der Waals surface area contributed by atoms with Crippen LogP contribution in [0.15, 0.2) is 0 Å². The molecular formula is C12H22N2O3. The first-order chi connectivity index (χ1) is 8.01. The predicted molar refractivity (Wildman–Crippen MR) is 64.5 cm³/mol. The molecule has 5 nitrogen and oxygen atoms in total. The number of hydrogen-bond donors (Lipinski definition) is 0. The minimum Gasteiger partial charge on any atom is -0.469 e. The van der Waals surface area contributed by atoms with Gasteiger partial charge in [-0.25, -0.2) is 0 Å². The van der Waals surface area contributed by atoms with E-state index in [2.05, 4.69) is 16.6 Å². The minimum absolute atomic E-state index is 0.0154. The minimum atomic E-state index is -0.380. The number of amides is 1. The summed E-state index contributed by atoms with van der Waals surface area (Å²) in [7, 11) is 3.14. The summed E-state index contributed by atoms with van der Waals surface area (Å²) in [5, 5.41) is 0. The molecule has 1 amide bonds. The topological polar surface area (TPSA) is 49.9 Å². The molecule has 1 rings (SSSR count). The van der Waals surface area contributed by atoms with Gasteiger partial charge in [0.1, 0.15) is 6.04 Å². The van der Waals surface area contributed by atoms with Gasteiger partial charge in [0.2, 0.25) is 5.91 Å². The third-order valence-corrected chi connectivity index (χ3v) is 3.46. The molecule has 1 fully saturated rings. The van der Waals surface area contributed by atoms with E-state index in [4.69, 9.17) is 0 Å². The van der Waals surface area contributed by atoms with Gasteiger partial charge in [0, 0.05) is 19.6 Å². The molecule has 1 aliphatic heterocycles. The molecule has 0 radical (unpaired) electrons. The van der Waals surface area contributed by atoms with E-state index in [9.17, 15) is 9.59 Å². The summed E-state index contributed by atoms with van der Waals surface area (Å²) in [6, 6.07) is -0.0708. The fourth-order valence-electron chi connectivity index (χ4n) is 2.34. The second-order valence-corrected chi connectivity index (χ2v) is 4.52. The summed E-state index contributed by atoms with van der Waals surface area (Å²) >= 11 is 0. The molecule has 17 heavy (non-hydrogen) atoms. The lowest BCUT2D eigenvalue weighted by Crippen LogP contribution is -2.48. The van der Waals surface area contributed by atoms with Gasteiger partial charge in [0.05, 0.1) is 13.5 Å². The molecule has 0 N–H and O–H groups in total. The van der Waals surface area contributed by atoms with Crippen molar-refractivity contribution in [2.45, 2.75) is 38.8 Å². The molecule has 98 valence electrons. The summed E-state index contributed by atoms with van der Waals surface area (Å²) in [5.41, 5.74) is 0. The summed E-state index contributed by atoms with van der Waals surface area (Å²) in [4.78, 5) is 27.4. The van der Waals surface area contributed by atoms with E-state index in [0.717, 1.165) is 19.5 Å². The number of ether oxygens (including phenoxy) is 1. The van der Waals surface area contributed by atoms with E-state index in [1.54, 1.807) is 11.9 Å². The molecule has 0 saturated carbocycles. The van der Waals surface area contributed by atoms with Gasteiger partial charge in [0.25, 0.3) is 0 Å². The van der Waals surface area contributed by atoms with Crippen LogP contribution in [-0.4, -0.2) is 61.0 Å². The molecule has 1 saturated heterocycles. The second kappa shape index (κ2) is 6.00. The Labute approximate surface area is 103 Å². The predicted octanol–water partition coefficient (Wildman–Crippen LogP) is 0.491. The Hall–Kier alpha value is -1.10. The van der Waals surface area contributed by atoms with Crippen LogP contribution in [0.1, 0.15) is 26.7 Å². The smallest absolute Gasteiger partial charge is 0.307 e. The van der Waals surface area contributed by atoms with Gasteiger partial charge in [-0.05, 0) is 19.9 Å². The Balaban J connectivity index is 2.89. The lowest BCUT2D eigenvalue weighted by atomic mass is 10.1. The summed E-state index contributed by atoms with van der Waals surface area (Å²) in [6.45, 7) is 5.62. The fraction of sp³-hybridized carbons (Fsp3) is 0.833. The Morgan fingerprint density at radius 1 is 1.53 bits per heavy atom. The summed E-state index contributed by atoms with van der Waals surface area (Å²) in [5.74, 6) is -0.314. The maximum Gasteiger partial charge on any atom is 0.307 e. The van der Waals surface area contributed by atoms with Crippen LogP contribution in [0.4, 0.5) is 0 Å². The van der Waals surface area contributed by atoms with E-state index >= 15 is 0 Å². The average Bonchev–Trinajstić information content (AvgIpc) is 2.42. The fourth-order valence-corrected chi connectivity index (χ4v) is 2.34. The van der Waals surface area contributed by atoms with E-state index in [-0.39, 0.29) is 24.3 Å². The highest BCUT2D eigenvalue weighted by Gasteiger charge is 2.35. The number of methoxy groups -OCH3 is 1. The van der Waals surface area contributed by atoms with Crippen molar-refractivity contribution in [3.63, 3.8) is 0 Å². The van der Waals surface area contributed by atoms with Crippen molar-refractivity contribution < 1.29 is 14.3 Å². The largest absolute Gasteiger partial charge is 0.469 e. The SMILES string of the molecule is CCN1C(C)CCN(C)C(=O)C1CC(=O)OC. The van der Waals surface area contributed by atoms with Crippen LogP contribution in [0.3, 0.4) is 0 Å². The number of likely N-dealkylation sites (N-methyl/N-ethyl adjacent to an activating group) is 2. The summed E-state index contributed by atoms with van der Waals surface area (Å²) in [6.07, 6.45) is 1.08. The standard InChI is InChI=1S/C12H22N2O3/c1-5-14-9(2)6-7-13(3)12(16)10(14)8-11(15)17-4/h9-10H,5-8H2,1-4H3. The van der Waals surface area contributed by atoms with Gasteiger partial charge in [0.15, 0.2) is 0 Å². The van der Waals surface area contributed by atoms with Gasteiger partial charge in [-0.3, -0.25) is 14.5 Å². The van der Waals surface area contributed by atoms with Crippen molar-refractivity contribution >= 4 is 11.9 Å². The maximum absolute atomic E-state index is 12.2. The quantitative estimate of drug-likeness (QED) is 0.676. The zero-order valence-electron chi connectivity index (χ0n) is 11.1. The maximum atomic E-state index is 12.2. The van der Waals surface area contributed by atoms with Crippen LogP contribution in [-0.2, 0) is 14.3 Å². The molecule has 0 aromatic rings. The molecular weight excluding hydrogens is 220 g/mol.